The van der Waals surface area contributed by atoms with E-state index in [0.717, 1.165) is 54.6 Å². The Morgan fingerprint density at radius 2 is 1.38 bits per heavy atom. The lowest BCUT2D eigenvalue weighted by molar-refractivity contribution is -0.0943. The lowest BCUT2D eigenvalue weighted by Crippen LogP contribution is -2.42. The van der Waals surface area contributed by atoms with Crippen LogP contribution in [0, 0.1) is 11.3 Å². The third kappa shape index (κ3) is 9.17. The van der Waals surface area contributed by atoms with E-state index in [4.69, 9.17) is 38.3 Å². The molecule has 0 spiro atoms. The molecule has 1 aliphatic rings. The summed E-state index contributed by atoms with van der Waals surface area (Å²) >= 11 is 0. The van der Waals surface area contributed by atoms with Gasteiger partial charge in [0.2, 0.25) is 0 Å². The summed E-state index contributed by atoms with van der Waals surface area (Å²) in [6, 6.07) is 45.1. The van der Waals surface area contributed by atoms with E-state index in [2.05, 4.69) is 53.5 Å². The lowest BCUT2D eigenvalue weighted by Gasteiger charge is -2.39. The molecule has 1 fully saturated rings. The molecule has 74 heavy (non-hydrogen) atoms. The van der Waals surface area contributed by atoms with E-state index >= 15 is 4.57 Å². The molecule has 7 aromatic carbocycles. The van der Waals surface area contributed by atoms with Gasteiger partial charge in [-0.2, -0.15) is 5.26 Å². The van der Waals surface area contributed by atoms with Crippen LogP contribution in [0.3, 0.4) is 0 Å². The van der Waals surface area contributed by atoms with Crippen LogP contribution in [0.25, 0.3) is 43.6 Å². The zero-order valence-corrected chi connectivity index (χ0v) is 42.7. The molecule has 0 radical (unpaired) electrons. The Labute approximate surface area is 427 Å². The van der Waals surface area contributed by atoms with Crippen LogP contribution >= 0.6 is 7.75 Å². The summed E-state index contributed by atoms with van der Waals surface area (Å²) in [6.45, 7) is 7.07. The number of aromatic nitrogens is 5. The van der Waals surface area contributed by atoms with Gasteiger partial charge in [-0.3, -0.25) is 23.4 Å². The van der Waals surface area contributed by atoms with E-state index in [0.29, 0.717) is 17.2 Å². The standard InChI is InChI=1S/C57H56N7O9P/c1-36(2)64(37(3)4)74(67,71-33-11-31-58)73-54-49(35-70-57(41-14-8-7-9-15-41,42-20-24-44(68-5)25-21-42)43-22-26-45(69-6)27-23-43)72-55(62-32-30-50(65)59-56(62)66)53(54)63-34-48(60-61-63)46-28-18-40-17-16-38-12-10-13-39-19-29-47(46)52(40)51(38)39/h7-10,12-30,32,34,36-37,49,53-55H,11,33,35H2,1-6H3,(H,59,65,66)/t49-,53-,54-,55-,74?/m1/s1. The molecule has 0 aliphatic carbocycles. The summed E-state index contributed by atoms with van der Waals surface area (Å²) in [5.41, 5.74) is 0.823. The highest BCUT2D eigenvalue weighted by Crippen LogP contribution is 2.59. The number of aromatic amines is 1. The summed E-state index contributed by atoms with van der Waals surface area (Å²) in [7, 11) is -1.21. The molecule has 0 amide bonds. The molecule has 378 valence electrons. The fourth-order valence-electron chi connectivity index (χ4n) is 10.6. The van der Waals surface area contributed by atoms with Gasteiger partial charge in [0.05, 0.1) is 46.1 Å². The maximum atomic E-state index is 15.9. The number of ether oxygens (including phenoxy) is 4. The van der Waals surface area contributed by atoms with E-state index in [-0.39, 0.29) is 31.7 Å². The van der Waals surface area contributed by atoms with Crippen molar-refractivity contribution in [2.24, 2.45) is 0 Å². The number of nitrogens with one attached hydrogen (secondary N) is 1. The van der Waals surface area contributed by atoms with Gasteiger partial charge in [0.1, 0.15) is 41.0 Å². The van der Waals surface area contributed by atoms with Crippen molar-refractivity contribution in [3.63, 3.8) is 0 Å². The number of hydrogen-bond acceptors (Lipinski definition) is 12. The SMILES string of the molecule is COc1ccc(C(OC[C@H]2O[C@@H](n3ccc(=O)[nH]c3=O)[C@H](n3cc(-c4ccc5ccc6cccc7ccc4c5c67)nn3)[C@@H]2OP(=O)(OCCC#N)N(C(C)C)C(C)C)(c2ccccc2)c2ccc(OC)cc2)cc1. The van der Waals surface area contributed by atoms with Gasteiger partial charge < -0.3 is 18.9 Å². The molecule has 16 nitrogen and oxygen atoms in total. The Balaban J connectivity index is 1.17. The molecule has 1 saturated heterocycles. The fourth-order valence-corrected chi connectivity index (χ4v) is 12.9. The molecule has 0 bridgehead atoms. The second kappa shape index (κ2) is 20.8. The molecule has 17 heteroatoms. The Bertz CT molecular complexity index is 3560. The minimum absolute atomic E-state index is 0.0705. The third-order valence-electron chi connectivity index (χ3n) is 13.8. The van der Waals surface area contributed by atoms with Crippen LogP contribution in [0.15, 0.2) is 162 Å². The Kier molecular flexibility index (Phi) is 14.1. The van der Waals surface area contributed by atoms with Crippen LogP contribution in [-0.2, 0) is 28.7 Å². The summed E-state index contributed by atoms with van der Waals surface area (Å²) in [6.07, 6.45) is -0.683. The van der Waals surface area contributed by atoms with Gasteiger partial charge in [-0.05, 0) is 101 Å². The molecule has 5 atom stereocenters. The molecule has 10 rings (SSSR count). The van der Waals surface area contributed by atoms with Gasteiger partial charge in [-0.15, -0.1) is 5.10 Å². The first-order valence-electron chi connectivity index (χ1n) is 24.5. The first-order chi connectivity index (χ1) is 35.9. The van der Waals surface area contributed by atoms with E-state index < -0.39 is 49.1 Å². The Hall–Kier alpha value is -7.48. The Morgan fingerprint density at radius 1 is 0.770 bits per heavy atom. The number of hydrogen-bond donors (Lipinski definition) is 1. The van der Waals surface area contributed by atoms with Crippen LogP contribution in [0.2, 0.25) is 0 Å². The molecular formula is C57H56N7O9P. The number of nitriles is 1. The average Bonchev–Trinajstić information content (AvgIpc) is 4.03. The predicted octanol–water partition coefficient (Wildman–Crippen LogP) is 10.4. The number of nitrogens with zero attached hydrogens (tertiary/aromatic N) is 6. The number of H-pyrrole nitrogens is 1. The maximum Gasteiger partial charge on any atom is 0.409 e. The molecule has 3 heterocycles. The summed E-state index contributed by atoms with van der Waals surface area (Å²) in [5, 5.41) is 25.7. The zero-order chi connectivity index (χ0) is 51.7. The average molecular weight is 1010 g/mol. The van der Waals surface area contributed by atoms with E-state index in [9.17, 15) is 14.9 Å². The molecular weight excluding hydrogens is 958 g/mol. The minimum atomic E-state index is -4.42. The smallest absolute Gasteiger partial charge is 0.409 e. The predicted molar refractivity (Wildman–Crippen MR) is 282 cm³/mol. The van der Waals surface area contributed by atoms with Crippen molar-refractivity contribution in [1.29, 1.82) is 5.26 Å². The number of benzene rings is 7. The number of methoxy groups -OCH3 is 2. The quantitative estimate of drug-likeness (QED) is 0.0349. The van der Waals surface area contributed by atoms with E-state index in [1.807, 2.05) is 119 Å². The van der Waals surface area contributed by atoms with Crippen molar-refractivity contribution in [2.75, 3.05) is 27.4 Å². The third-order valence-corrected chi connectivity index (χ3v) is 16.3. The number of rotatable bonds is 19. The highest BCUT2D eigenvalue weighted by atomic mass is 31.2. The van der Waals surface area contributed by atoms with Crippen LogP contribution in [0.4, 0.5) is 0 Å². The molecule has 1 N–H and O–H groups in total. The maximum absolute atomic E-state index is 15.9. The molecule has 1 aliphatic heterocycles. The summed E-state index contributed by atoms with van der Waals surface area (Å²) in [4.78, 5) is 29.1. The summed E-state index contributed by atoms with van der Waals surface area (Å²) in [5.74, 6) is 1.27. The van der Waals surface area contributed by atoms with Crippen molar-refractivity contribution in [2.45, 2.75) is 76.3 Å². The first kappa shape index (κ1) is 50.1. The van der Waals surface area contributed by atoms with Crippen LogP contribution in [0.1, 0.15) is 63.1 Å². The second-order valence-corrected chi connectivity index (χ2v) is 20.7. The van der Waals surface area contributed by atoms with Crippen LogP contribution in [-0.4, -0.2) is 80.9 Å². The van der Waals surface area contributed by atoms with Gasteiger partial charge in [-0.1, -0.05) is 114 Å². The fraction of sp³-hybridized carbons (Fsp3) is 0.281. The molecule has 2 aromatic heterocycles. The van der Waals surface area contributed by atoms with Crippen LogP contribution < -0.4 is 20.7 Å². The largest absolute Gasteiger partial charge is 0.497 e. The normalized spacial score (nSPS) is 17.9. The molecule has 1 unspecified atom stereocenters. The monoisotopic (exact) mass is 1010 g/mol. The van der Waals surface area contributed by atoms with Gasteiger partial charge >= 0.3 is 13.4 Å². The van der Waals surface area contributed by atoms with Crippen molar-refractivity contribution in [3.05, 3.63) is 189 Å². The Morgan fingerprint density at radius 3 is 1.99 bits per heavy atom. The van der Waals surface area contributed by atoms with Crippen LogP contribution in [0.5, 0.6) is 11.5 Å². The first-order valence-corrected chi connectivity index (χ1v) is 26.0. The van der Waals surface area contributed by atoms with Crippen molar-refractivity contribution in [3.8, 4) is 28.8 Å². The van der Waals surface area contributed by atoms with Gasteiger partial charge in [0.25, 0.3) is 5.56 Å². The molecule has 9 aromatic rings. The second-order valence-electron chi connectivity index (χ2n) is 18.8. The van der Waals surface area contributed by atoms with E-state index in [1.54, 1.807) is 29.8 Å². The highest BCUT2D eigenvalue weighted by molar-refractivity contribution is 7.51. The summed E-state index contributed by atoms with van der Waals surface area (Å²) < 4.78 is 59.4. The van der Waals surface area contributed by atoms with E-state index in [1.165, 1.54) is 16.8 Å². The lowest BCUT2D eigenvalue weighted by atomic mass is 9.80. The van der Waals surface area contributed by atoms with Gasteiger partial charge in [0.15, 0.2) is 6.23 Å². The molecule has 0 saturated carbocycles. The zero-order valence-electron chi connectivity index (χ0n) is 41.8. The van der Waals surface area contributed by atoms with Crippen molar-refractivity contribution < 1.29 is 32.6 Å². The highest BCUT2D eigenvalue weighted by Gasteiger charge is 2.54. The minimum Gasteiger partial charge on any atom is -0.497 e. The van der Waals surface area contributed by atoms with Gasteiger partial charge in [0, 0.05) is 29.9 Å². The van der Waals surface area contributed by atoms with Crippen molar-refractivity contribution >= 4 is 40.1 Å². The van der Waals surface area contributed by atoms with Crippen molar-refractivity contribution in [1.82, 2.24) is 29.2 Å². The topological polar surface area (TPSA) is 185 Å². The van der Waals surface area contributed by atoms with Gasteiger partial charge in [-0.25, -0.2) is 18.7 Å².